The molecule has 0 saturated carbocycles. The summed E-state index contributed by atoms with van der Waals surface area (Å²) in [5.74, 6) is 1.68. The standard InChI is InChI=1S/C51H30N6/c1-5-17-40-35(13-1)36-14-2-6-18-41(36)51(40)42-19-7-3-15-37(42)46-43(51)26-25-39-45(46)38-16-4-8-20-44(38)54-47(39)31-21-23-32(24-22-31)48-55-49(33-11-9-27-52-29-33)57-50(56-48)34-12-10-28-53-30-34/h1-30H. The monoisotopic (exact) mass is 726 g/mol. The molecule has 0 bridgehead atoms. The maximum absolute atomic E-state index is 5.37. The summed E-state index contributed by atoms with van der Waals surface area (Å²) in [5, 5.41) is 3.49. The fourth-order valence-corrected chi connectivity index (χ4v) is 9.37. The summed E-state index contributed by atoms with van der Waals surface area (Å²) in [5.41, 5.74) is 15.5. The molecule has 57 heavy (non-hydrogen) atoms. The first kappa shape index (κ1) is 31.6. The average Bonchev–Trinajstić information content (AvgIpc) is 3.77. The lowest BCUT2D eigenvalue weighted by atomic mass is 9.70. The van der Waals surface area contributed by atoms with Crippen molar-refractivity contribution >= 4 is 21.7 Å². The van der Waals surface area contributed by atoms with E-state index in [2.05, 4.69) is 143 Å². The number of fused-ring (bicyclic) bond motifs is 14. The molecule has 12 rings (SSSR count). The number of pyridine rings is 3. The first-order chi connectivity index (χ1) is 28.3. The van der Waals surface area contributed by atoms with E-state index >= 15 is 0 Å². The van der Waals surface area contributed by atoms with Crippen LogP contribution in [0.2, 0.25) is 0 Å². The van der Waals surface area contributed by atoms with Gasteiger partial charge in [0.25, 0.3) is 0 Å². The Morgan fingerprint density at radius 1 is 0.351 bits per heavy atom. The number of para-hydroxylation sites is 1. The summed E-state index contributed by atoms with van der Waals surface area (Å²) in [4.78, 5) is 28.7. The van der Waals surface area contributed by atoms with Crippen LogP contribution in [0.5, 0.6) is 0 Å². The molecule has 0 saturated heterocycles. The van der Waals surface area contributed by atoms with E-state index in [9.17, 15) is 0 Å². The Bertz CT molecular complexity index is 3130. The van der Waals surface area contributed by atoms with Crippen LogP contribution in [0.4, 0.5) is 0 Å². The third kappa shape index (κ3) is 4.52. The van der Waals surface area contributed by atoms with Gasteiger partial charge in [0.2, 0.25) is 0 Å². The Kier molecular flexibility index (Phi) is 6.74. The number of nitrogens with zero attached hydrogens (tertiary/aromatic N) is 6. The molecule has 6 nitrogen and oxygen atoms in total. The number of hydrogen-bond acceptors (Lipinski definition) is 6. The van der Waals surface area contributed by atoms with E-state index in [1.54, 1.807) is 24.8 Å². The second kappa shape index (κ2) is 12.2. The summed E-state index contributed by atoms with van der Waals surface area (Å²) >= 11 is 0. The van der Waals surface area contributed by atoms with Crippen molar-refractivity contribution in [2.75, 3.05) is 0 Å². The molecule has 1 spiro atoms. The molecule has 264 valence electrons. The van der Waals surface area contributed by atoms with Gasteiger partial charge in [-0.05, 0) is 74.8 Å². The van der Waals surface area contributed by atoms with E-state index in [0.717, 1.165) is 44.2 Å². The van der Waals surface area contributed by atoms with Gasteiger partial charge in [0.05, 0.1) is 16.6 Å². The lowest BCUT2D eigenvalue weighted by Crippen LogP contribution is -2.25. The van der Waals surface area contributed by atoms with Gasteiger partial charge in [0.1, 0.15) is 0 Å². The zero-order valence-electron chi connectivity index (χ0n) is 30.5. The molecule has 10 aromatic rings. The molecule has 0 atom stereocenters. The molecule has 0 radical (unpaired) electrons. The Labute approximate surface area is 328 Å². The van der Waals surface area contributed by atoms with Crippen LogP contribution in [0.1, 0.15) is 22.3 Å². The molecular weight excluding hydrogens is 697 g/mol. The predicted octanol–water partition coefficient (Wildman–Crippen LogP) is 11.4. The topological polar surface area (TPSA) is 77.3 Å². The molecule has 4 aromatic heterocycles. The zero-order valence-corrected chi connectivity index (χ0v) is 30.5. The van der Waals surface area contributed by atoms with E-state index in [1.165, 1.54) is 49.9 Å². The molecule has 2 aliphatic rings. The smallest absolute Gasteiger partial charge is 0.165 e. The summed E-state index contributed by atoms with van der Waals surface area (Å²) in [6.07, 6.45) is 7.03. The Morgan fingerprint density at radius 2 is 0.877 bits per heavy atom. The summed E-state index contributed by atoms with van der Waals surface area (Å²) < 4.78 is 0. The van der Waals surface area contributed by atoms with Crippen LogP contribution in [0, 0.1) is 0 Å². The van der Waals surface area contributed by atoms with Crippen molar-refractivity contribution in [3.8, 4) is 67.7 Å². The minimum absolute atomic E-state index is 0.423. The minimum Gasteiger partial charge on any atom is -0.264 e. The molecule has 0 N–H and O–H groups in total. The number of hydrogen-bond donors (Lipinski definition) is 0. The van der Waals surface area contributed by atoms with Crippen LogP contribution in [0.25, 0.3) is 89.4 Å². The fraction of sp³-hybridized carbons (Fsp3) is 0.0196. The third-order valence-corrected chi connectivity index (χ3v) is 11.7. The second-order valence-corrected chi connectivity index (χ2v) is 14.6. The average molecular weight is 727 g/mol. The minimum atomic E-state index is -0.423. The van der Waals surface area contributed by atoms with Gasteiger partial charge in [-0.15, -0.1) is 0 Å². The van der Waals surface area contributed by atoms with Crippen LogP contribution in [-0.4, -0.2) is 29.9 Å². The molecule has 0 amide bonds. The lowest BCUT2D eigenvalue weighted by molar-refractivity contribution is 0.794. The molecule has 6 heteroatoms. The Hall–Kier alpha value is -7.70. The van der Waals surface area contributed by atoms with Crippen LogP contribution >= 0.6 is 0 Å². The summed E-state index contributed by atoms with van der Waals surface area (Å²) in [6, 6.07) is 56.3. The second-order valence-electron chi connectivity index (χ2n) is 14.6. The van der Waals surface area contributed by atoms with Crippen LogP contribution in [0.3, 0.4) is 0 Å². The van der Waals surface area contributed by atoms with Gasteiger partial charge < -0.3 is 0 Å². The summed E-state index contributed by atoms with van der Waals surface area (Å²) in [6.45, 7) is 0. The van der Waals surface area contributed by atoms with Crippen LogP contribution < -0.4 is 0 Å². The zero-order chi connectivity index (χ0) is 37.5. The number of aromatic nitrogens is 6. The van der Waals surface area contributed by atoms with E-state index in [-0.39, 0.29) is 0 Å². The van der Waals surface area contributed by atoms with Crippen molar-refractivity contribution in [3.63, 3.8) is 0 Å². The van der Waals surface area contributed by atoms with Gasteiger partial charge in [0.15, 0.2) is 17.5 Å². The van der Waals surface area contributed by atoms with E-state index in [0.29, 0.717) is 17.5 Å². The Morgan fingerprint density at radius 3 is 1.49 bits per heavy atom. The first-order valence-corrected chi connectivity index (χ1v) is 19.1. The molecule has 0 aliphatic heterocycles. The molecule has 4 heterocycles. The van der Waals surface area contributed by atoms with Crippen LogP contribution in [0.15, 0.2) is 183 Å². The van der Waals surface area contributed by atoms with Gasteiger partial charge in [0, 0.05) is 63.2 Å². The quantitative estimate of drug-likeness (QED) is 0.168. The maximum Gasteiger partial charge on any atom is 0.165 e. The van der Waals surface area contributed by atoms with E-state index in [1.807, 2.05) is 24.3 Å². The predicted molar refractivity (Wildman–Crippen MR) is 226 cm³/mol. The fourth-order valence-electron chi connectivity index (χ4n) is 9.37. The summed E-state index contributed by atoms with van der Waals surface area (Å²) in [7, 11) is 0. The maximum atomic E-state index is 5.37. The molecule has 6 aromatic carbocycles. The number of rotatable bonds is 4. The van der Waals surface area contributed by atoms with Gasteiger partial charge in [-0.3, -0.25) is 9.97 Å². The van der Waals surface area contributed by atoms with Gasteiger partial charge >= 0.3 is 0 Å². The lowest BCUT2D eigenvalue weighted by Gasteiger charge is -2.30. The van der Waals surface area contributed by atoms with Crippen molar-refractivity contribution in [1.29, 1.82) is 0 Å². The van der Waals surface area contributed by atoms with Crippen molar-refractivity contribution in [3.05, 3.63) is 205 Å². The normalized spacial score (nSPS) is 13.1. The SMILES string of the molecule is c1cncc(-c2nc(-c3ccc(-c4nc5ccccc5c5c6c(ccc45)C4(c5ccccc5-c5ccccc54)c4ccccc4-6)cc3)nc(-c3cccnc3)n2)c1. The first-order valence-electron chi connectivity index (χ1n) is 19.1. The van der Waals surface area contributed by atoms with E-state index in [4.69, 9.17) is 19.9 Å². The third-order valence-electron chi connectivity index (χ3n) is 11.7. The highest BCUT2D eigenvalue weighted by atomic mass is 15.0. The van der Waals surface area contributed by atoms with Gasteiger partial charge in [-0.1, -0.05) is 127 Å². The van der Waals surface area contributed by atoms with Gasteiger partial charge in [-0.2, -0.15) is 0 Å². The molecular formula is C51H30N6. The molecule has 0 fully saturated rings. The highest BCUT2D eigenvalue weighted by molar-refractivity contribution is 6.20. The van der Waals surface area contributed by atoms with Crippen molar-refractivity contribution in [2.45, 2.75) is 5.41 Å². The van der Waals surface area contributed by atoms with Crippen molar-refractivity contribution < 1.29 is 0 Å². The highest BCUT2D eigenvalue weighted by Crippen LogP contribution is 2.64. The van der Waals surface area contributed by atoms with Crippen molar-refractivity contribution in [2.24, 2.45) is 0 Å². The molecule has 0 unspecified atom stereocenters. The molecule has 2 aliphatic carbocycles. The number of benzene rings is 6. The van der Waals surface area contributed by atoms with Gasteiger partial charge in [-0.25, -0.2) is 19.9 Å². The highest BCUT2D eigenvalue weighted by Gasteiger charge is 2.52. The van der Waals surface area contributed by atoms with Crippen molar-refractivity contribution in [1.82, 2.24) is 29.9 Å². The van der Waals surface area contributed by atoms with E-state index < -0.39 is 5.41 Å². The van der Waals surface area contributed by atoms with Crippen LogP contribution in [-0.2, 0) is 5.41 Å². The Balaban J connectivity index is 1.07. The largest absolute Gasteiger partial charge is 0.264 e.